The number of hydrogen-bond acceptors (Lipinski definition) is 6. The highest BCUT2D eigenvalue weighted by Gasteiger charge is 2.15. The summed E-state index contributed by atoms with van der Waals surface area (Å²) in [6.45, 7) is 1.80. The molecule has 0 fully saturated rings. The number of rotatable bonds is 9. The van der Waals surface area contributed by atoms with Crippen LogP contribution in [0.3, 0.4) is 0 Å². The third-order valence-corrected chi connectivity index (χ3v) is 3.42. The Hall–Kier alpha value is -0.930. The van der Waals surface area contributed by atoms with Crippen LogP contribution in [0.15, 0.2) is 21.6 Å². The molecule has 7 nitrogen and oxygen atoms in total. The van der Waals surface area contributed by atoms with Crippen LogP contribution in [0.5, 0.6) is 0 Å². The lowest BCUT2D eigenvalue weighted by molar-refractivity contribution is 0.0935. The van der Waals surface area contributed by atoms with Gasteiger partial charge in [0.2, 0.25) is 5.09 Å². The highest BCUT2D eigenvalue weighted by molar-refractivity contribution is 7.89. The molecular formula is C10H18N2O5S. The Labute approximate surface area is 106 Å². The highest BCUT2D eigenvalue weighted by Crippen LogP contribution is 2.12. The molecule has 0 bridgehead atoms. The van der Waals surface area contributed by atoms with Gasteiger partial charge in [0.25, 0.3) is 10.0 Å². The molecule has 0 aliphatic carbocycles. The van der Waals surface area contributed by atoms with Crippen molar-refractivity contribution in [3.05, 3.63) is 17.9 Å². The van der Waals surface area contributed by atoms with Crippen LogP contribution in [-0.4, -0.2) is 46.9 Å². The lowest BCUT2D eigenvalue weighted by Gasteiger charge is -2.03. The van der Waals surface area contributed by atoms with Gasteiger partial charge >= 0.3 is 0 Å². The topological polar surface area (TPSA) is 101 Å². The van der Waals surface area contributed by atoms with Crippen molar-refractivity contribution in [2.75, 3.05) is 33.4 Å². The molecule has 0 radical (unpaired) electrons. The van der Waals surface area contributed by atoms with Crippen LogP contribution in [0.4, 0.5) is 0 Å². The van der Waals surface area contributed by atoms with Crippen molar-refractivity contribution in [3.63, 3.8) is 0 Å². The molecule has 1 heterocycles. The standard InChI is InChI=1S/C10H18N2O5S/c1-11-18(14,15)10-3-2-9(17-10)8-12-4-6-16-7-5-13/h2-3,11-13H,4-8H2,1H3. The maximum atomic E-state index is 11.4. The summed E-state index contributed by atoms with van der Waals surface area (Å²) >= 11 is 0. The van der Waals surface area contributed by atoms with E-state index in [9.17, 15) is 8.42 Å². The monoisotopic (exact) mass is 278 g/mol. The fourth-order valence-electron chi connectivity index (χ4n) is 1.22. The van der Waals surface area contributed by atoms with E-state index in [-0.39, 0.29) is 11.7 Å². The largest absolute Gasteiger partial charge is 0.447 e. The predicted octanol–water partition coefficient (Wildman–Crippen LogP) is -0.714. The molecule has 18 heavy (non-hydrogen) atoms. The fraction of sp³-hybridized carbons (Fsp3) is 0.600. The molecule has 104 valence electrons. The summed E-state index contributed by atoms with van der Waals surface area (Å²) in [4.78, 5) is 0. The molecule has 0 aliphatic heterocycles. The quantitative estimate of drug-likeness (QED) is 0.516. The van der Waals surface area contributed by atoms with E-state index in [0.717, 1.165) is 0 Å². The summed E-state index contributed by atoms with van der Waals surface area (Å²) < 4.78 is 35.2. The summed E-state index contributed by atoms with van der Waals surface area (Å²) in [5.41, 5.74) is 0. The Morgan fingerprint density at radius 1 is 1.39 bits per heavy atom. The Morgan fingerprint density at radius 3 is 2.83 bits per heavy atom. The van der Waals surface area contributed by atoms with Gasteiger partial charge in [-0.1, -0.05) is 0 Å². The Balaban J connectivity index is 2.32. The van der Waals surface area contributed by atoms with Crippen molar-refractivity contribution in [1.82, 2.24) is 10.0 Å². The van der Waals surface area contributed by atoms with Gasteiger partial charge in [0.05, 0.1) is 26.4 Å². The molecule has 3 N–H and O–H groups in total. The molecule has 0 saturated heterocycles. The number of hydrogen-bond donors (Lipinski definition) is 3. The zero-order valence-corrected chi connectivity index (χ0v) is 11.0. The summed E-state index contributed by atoms with van der Waals surface area (Å²) in [6, 6.07) is 3.01. The van der Waals surface area contributed by atoms with Crippen molar-refractivity contribution in [3.8, 4) is 0 Å². The molecule has 0 saturated carbocycles. The molecule has 1 aromatic heterocycles. The van der Waals surface area contributed by atoms with Crippen molar-refractivity contribution < 1.29 is 22.7 Å². The molecule has 0 atom stereocenters. The third-order valence-electron chi connectivity index (χ3n) is 2.13. The zero-order valence-electron chi connectivity index (χ0n) is 10.2. The van der Waals surface area contributed by atoms with Gasteiger partial charge in [-0.15, -0.1) is 0 Å². The van der Waals surface area contributed by atoms with Crippen LogP contribution in [0, 0.1) is 0 Å². The van der Waals surface area contributed by atoms with Crippen molar-refractivity contribution in [2.45, 2.75) is 11.6 Å². The molecule has 0 spiro atoms. The van der Waals surface area contributed by atoms with E-state index in [0.29, 0.717) is 32.1 Å². The number of ether oxygens (including phenoxy) is 1. The van der Waals surface area contributed by atoms with E-state index in [1.165, 1.54) is 13.1 Å². The second-order valence-corrected chi connectivity index (χ2v) is 5.26. The zero-order chi connectivity index (χ0) is 13.4. The van der Waals surface area contributed by atoms with Crippen LogP contribution in [0.1, 0.15) is 5.76 Å². The van der Waals surface area contributed by atoms with Crippen LogP contribution in [0.25, 0.3) is 0 Å². The van der Waals surface area contributed by atoms with Gasteiger partial charge in [0.15, 0.2) is 0 Å². The number of furan rings is 1. The van der Waals surface area contributed by atoms with Crippen LogP contribution in [-0.2, 0) is 21.3 Å². The van der Waals surface area contributed by atoms with Crippen molar-refractivity contribution in [2.24, 2.45) is 0 Å². The lowest BCUT2D eigenvalue weighted by Crippen LogP contribution is -2.20. The second-order valence-electron chi connectivity index (χ2n) is 3.44. The number of sulfonamides is 1. The molecule has 1 aromatic rings. The maximum Gasteiger partial charge on any atom is 0.273 e. The van der Waals surface area contributed by atoms with Crippen molar-refractivity contribution in [1.29, 1.82) is 0 Å². The summed E-state index contributed by atoms with van der Waals surface area (Å²) in [5, 5.41) is 11.4. The molecule has 0 unspecified atom stereocenters. The van der Waals surface area contributed by atoms with Gasteiger partial charge < -0.3 is 19.6 Å². The molecule has 0 aliphatic rings. The summed E-state index contributed by atoms with van der Waals surface area (Å²) in [5.74, 6) is 0.533. The maximum absolute atomic E-state index is 11.4. The summed E-state index contributed by atoms with van der Waals surface area (Å²) in [7, 11) is -2.19. The van der Waals surface area contributed by atoms with E-state index in [1.807, 2.05) is 0 Å². The number of aliphatic hydroxyl groups is 1. The molecule has 8 heteroatoms. The molecule has 0 aromatic carbocycles. The van der Waals surface area contributed by atoms with Crippen LogP contribution < -0.4 is 10.0 Å². The minimum absolute atomic E-state index is 0.00339. The second kappa shape index (κ2) is 7.49. The van der Waals surface area contributed by atoms with Gasteiger partial charge in [0.1, 0.15) is 5.76 Å². The van der Waals surface area contributed by atoms with E-state index >= 15 is 0 Å². The lowest BCUT2D eigenvalue weighted by atomic mass is 10.4. The first kappa shape index (κ1) is 15.1. The van der Waals surface area contributed by atoms with Crippen LogP contribution >= 0.6 is 0 Å². The van der Waals surface area contributed by atoms with E-state index in [2.05, 4.69) is 10.0 Å². The Kier molecular flexibility index (Phi) is 6.30. The molecule has 1 rings (SSSR count). The minimum Gasteiger partial charge on any atom is -0.447 e. The SMILES string of the molecule is CNS(=O)(=O)c1ccc(CNCCOCCO)o1. The Bertz CT molecular complexity index is 443. The van der Waals surface area contributed by atoms with Gasteiger partial charge in [-0.25, -0.2) is 13.1 Å². The van der Waals surface area contributed by atoms with Gasteiger partial charge in [-0.2, -0.15) is 0 Å². The van der Waals surface area contributed by atoms with Crippen molar-refractivity contribution >= 4 is 10.0 Å². The summed E-state index contributed by atoms with van der Waals surface area (Å²) in [6.07, 6.45) is 0. The average molecular weight is 278 g/mol. The van der Waals surface area contributed by atoms with Gasteiger partial charge in [-0.3, -0.25) is 0 Å². The smallest absolute Gasteiger partial charge is 0.273 e. The fourth-order valence-corrected chi connectivity index (χ4v) is 1.89. The predicted molar refractivity (Wildman–Crippen MR) is 64.6 cm³/mol. The minimum atomic E-state index is -3.52. The normalized spacial score (nSPS) is 11.9. The number of nitrogens with one attached hydrogen (secondary N) is 2. The van der Waals surface area contributed by atoms with E-state index in [4.69, 9.17) is 14.3 Å². The number of aliphatic hydroxyl groups excluding tert-OH is 1. The van der Waals surface area contributed by atoms with Crippen LogP contribution in [0.2, 0.25) is 0 Å². The van der Waals surface area contributed by atoms with Gasteiger partial charge in [-0.05, 0) is 19.2 Å². The highest BCUT2D eigenvalue weighted by atomic mass is 32.2. The first-order chi connectivity index (χ1) is 8.60. The first-order valence-corrected chi connectivity index (χ1v) is 7.00. The van der Waals surface area contributed by atoms with E-state index in [1.54, 1.807) is 6.07 Å². The third kappa shape index (κ3) is 4.75. The Morgan fingerprint density at radius 2 is 2.17 bits per heavy atom. The first-order valence-electron chi connectivity index (χ1n) is 5.51. The average Bonchev–Trinajstić information content (AvgIpc) is 2.83. The van der Waals surface area contributed by atoms with Gasteiger partial charge in [0, 0.05) is 6.54 Å². The molecular weight excluding hydrogens is 260 g/mol. The van der Waals surface area contributed by atoms with E-state index < -0.39 is 10.0 Å². The molecule has 0 amide bonds.